The SMILES string of the molecule is CC(C)(C)OC(=O)N[C@@H](Cc1ccc(Cl)cc1)C(=O)N1CCOCC1. The van der Waals surface area contributed by atoms with Gasteiger partial charge in [0.1, 0.15) is 11.6 Å². The second-order valence-electron chi connectivity index (χ2n) is 6.97. The Hall–Kier alpha value is -1.79. The zero-order valence-electron chi connectivity index (χ0n) is 14.9. The first-order chi connectivity index (χ1) is 11.7. The summed E-state index contributed by atoms with van der Waals surface area (Å²) in [6.07, 6.45) is -0.236. The van der Waals surface area contributed by atoms with Crippen LogP contribution in [-0.2, 0) is 20.7 Å². The Morgan fingerprint density at radius 3 is 2.40 bits per heavy atom. The summed E-state index contributed by atoms with van der Waals surface area (Å²) in [6.45, 7) is 7.40. The first-order valence-corrected chi connectivity index (χ1v) is 8.73. The molecule has 0 saturated carbocycles. The molecule has 0 aliphatic carbocycles. The molecule has 1 fully saturated rings. The number of benzene rings is 1. The lowest BCUT2D eigenvalue weighted by atomic mass is 10.0. The molecule has 1 aromatic rings. The van der Waals surface area contributed by atoms with Crippen molar-refractivity contribution in [2.45, 2.75) is 38.8 Å². The van der Waals surface area contributed by atoms with E-state index in [2.05, 4.69) is 5.32 Å². The van der Waals surface area contributed by atoms with E-state index in [1.54, 1.807) is 37.8 Å². The van der Waals surface area contributed by atoms with E-state index in [-0.39, 0.29) is 5.91 Å². The zero-order valence-corrected chi connectivity index (χ0v) is 15.6. The molecule has 1 aliphatic rings. The van der Waals surface area contributed by atoms with Crippen LogP contribution in [0.1, 0.15) is 26.3 Å². The van der Waals surface area contributed by atoms with Crippen LogP contribution >= 0.6 is 11.6 Å². The Balaban J connectivity index is 2.10. The largest absolute Gasteiger partial charge is 0.444 e. The summed E-state index contributed by atoms with van der Waals surface area (Å²) in [7, 11) is 0. The lowest BCUT2D eigenvalue weighted by Gasteiger charge is -2.31. The van der Waals surface area contributed by atoms with Crippen molar-refractivity contribution < 1.29 is 19.1 Å². The molecule has 6 nitrogen and oxygen atoms in total. The molecule has 2 rings (SSSR count). The van der Waals surface area contributed by atoms with Crippen LogP contribution in [0, 0.1) is 0 Å². The van der Waals surface area contributed by atoms with Crippen LogP contribution < -0.4 is 5.32 Å². The number of alkyl carbamates (subject to hydrolysis) is 1. The summed E-state index contributed by atoms with van der Waals surface area (Å²) >= 11 is 5.91. The standard InChI is InChI=1S/C18H25ClN2O4/c1-18(2,3)25-17(23)20-15(12-13-4-6-14(19)7-5-13)16(22)21-8-10-24-11-9-21/h4-7,15H,8-12H2,1-3H3,(H,20,23)/t15-/m0/s1. The van der Waals surface area contributed by atoms with Crippen LogP contribution in [0.5, 0.6) is 0 Å². The molecule has 0 radical (unpaired) electrons. The van der Waals surface area contributed by atoms with Gasteiger partial charge in [-0.15, -0.1) is 0 Å². The van der Waals surface area contributed by atoms with Gasteiger partial charge in [-0.3, -0.25) is 4.79 Å². The highest BCUT2D eigenvalue weighted by Gasteiger charge is 2.29. The Morgan fingerprint density at radius 1 is 1.24 bits per heavy atom. The minimum Gasteiger partial charge on any atom is -0.444 e. The Bertz CT molecular complexity index is 592. The number of nitrogens with zero attached hydrogens (tertiary/aromatic N) is 1. The van der Waals surface area contributed by atoms with Gasteiger partial charge in [-0.2, -0.15) is 0 Å². The van der Waals surface area contributed by atoms with Crippen LogP contribution in [0.3, 0.4) is 0 Å². The van der Waals surface area contributed by atoms with Crippen LogP contribution in [0.2, 0.25) is 5.02 Å². The molecule has 0 spiro atoms. The molecule has 0 unspecified atom stereocenters. The Morgan fingerprint density at radius 2 is 1.84 bits per heavy atom. The normalized spacial score (nSPS) is 16.2. The number of ether oxygens (including phenoxy) is 2. The average Bonchev–Trinajstić information content (AvgIpc) is 2.54. The summed E-state index contributed by atoms with van der Waals surface area (Å²) < 4.78 is 10.6. The van der Waals surface area contributed by atoms with E-state index in [0.29, 0.717) is 37.7 Å². The second-order valence-corrected chi connectivity index (χ2v) is 7.40. The van der Waals surface area contributed by atoms with Crippen LogP contribution in [0.15, 0.2) is 24.3 Å². The molecule has 138 valence electrons. The molecule has 7 heteroatoms. The van der Waals surface area contributed by atoms with Gasteiger partial charge in [0.25, 0.3) is 0 Å². The highest BCUT2D eigenvalue weighted by Crippen LogP contribution is 2.14. The third-order valence-electron chi connectivity index (χ3n) is 3.66. The molecule has 1 N–H and O–H groups in total. The molecule has 25 heavy (non-hydrogen) atoms. The molecular formula is C18H25ClN2O4. The summed E-state index contributed by atoms with van der Waals surface area (Å²) in [6, 6.07) is 6.52. The molecule has 1 heterocycles. The number of amides is 2. The zero-order chi connectivity index (χ0) is 18.4. The molecule has 0 aromatic heterocycles. The second kappa shape index (κ2) is 8.54. The maximum Gasteiger partial charge on any atom is 0.408 e. The third kappa shape index (κ3) is 6.55. The topological polar surface area (TPSA) is 67.9 Å². The van der Waals surface area contributed by atoms with Gasteiger partial charge in [0.05, 0.1) is 13.2 Å². The fourth-order valence-electron chi connectivity index (χ4n) is 2.51. The summed E-state index contributed by atoms with van der Waals surface area (Å²) in [5.41, 5.74) is 0.281. The van der Waals surface area contributed by atoms with Crippen LogP contribution in [0.4, 0.5) is 4.79 Å². The van der Waals surface area contributed by atoms with Gasteiger partial charge in [-0.05, 0) is 38.5 Å². The number of carbonyl (C=O) groups is 2. The molecule has 0 bridgehead atoms. The number of halogens is 1. The average molecular weight is 369 g/mol. The lowest BCUT2D eigenvalue weighted by molar-refractivity contribution is -0.137. The molecule has 1 saturated heterocycles. The van der Waals surface area contributed by atoms with Gasteiger partial charge >= 0.3 is 6.09 Å². The fourth-order valence-corrected chi connectivity index (χ4v) is 2.64. The number of carbonyl (C=O) groups excluding carboxylic acids is 2. The minimum atomic E-state index is -0.700. The van der Waals surface area contributed by atoms with Crippen molar-refractivity contribution in [3.05, 3.63) is 34.9 Å². The predicted molar refractivity (Wildman–Crippen MR) is 95.7 cm³/mol. The van der Waals surface area contributed by atoms with Gasteiger partial charge in [0.15, 0.2) is 0 Å². The first kappa shape index (κ1) is 19.5. The van der Waals surface area contributed by atoms with Crippen molar-refractivity contribution in [2.75, 3.05) is 26.3 Å². The van der Waals surface area contributed by atoms with Crippen LogP contribution in [0.25, 0.3) is 0 Å². The van der Waals surface area contributed by atoms with Gasteiger partial charge in [-0.25, -0.2) is 4.79 Å². The van der Waals surface area contributed by atoms with Gasteiger partial charge < -0.3 is 19.7 Å². The fraction of sp³-hybridized carbons (Fsp3) is 0.556. The maximum atomic E-state index is 12.8. The molecule has 2 amide bonds. The van der Waals surface area contributed by atoms with Crippen molar-refractivity contribution in [3.63, 3.8) is 0 Å². The number of hydrogen-bond donors (Lipinski definition) is 1. The van der Waals surface area contributed by atoms with Crippen molar-refractivity contribution >= 4 is 23.6 Å². The molecule has 1 aromatic carbocycles. The van der Waals surface area contributed by atoms with Gasteiger partial charge in [0, 0.05) is 24.5 Å². The molecule has 1 aliphatic heterocycles. The number of morpholine rings is 1. The van der Waals surface area contributed by atoms with Crippen molar-refractivity contribution in [3.8, 4) is 0 Å². The van der Waals surface area contributed by atoms with E-state index < -0.39 is 17.7 Å². The number of rotatable bonds is 4. The summed E-state index contributed by atoms with van der Waals surface area (Å²) in [5, 5.41) is 3.33. The molecular weight excluding hydrogens is 344 g/mol. The van der Waals surface area contributed by atoms with Crippen LogP contribution in [-0.4, -0.2) is 54.8 Å². The monoisotopic (exact) mass is 368 g/mol. The predicted octanol–water partition coefficient (Wildman–Crippen LogP) is 2.63. The van der Waals surface area contributed by atoms with Crippen molar-refractivity contribution in [2.24, 2.45) is 0 Å². The van der Waals surface area contributed by atoms with Gasteiger partial charge in [-0.1, -0.05) is 23.7 Å². The van der Waals surface area contributed by atoms with Crippen molar-refractivity contribution in [1.82, 2.24) is 10.2 Å². The third-order valence-corrected chi connectivity index (χ3v) is 3.92. The van der Waals surface area contributed by atoms with Gasteiger partial charge in [0.2, 0.25) is 5.91 Å². The van der Waals surface area contributed by atoms with E-state index in [0.717, 1.165) is 5.56 Å². The first-order valence-electron chi connectivity index (χ1n) is 8.35. The van der Waals surface area contributed by atoms with E-state index >= 15 is 0 Å². The van der Waals surface area contributed by atoms with E-state index in [4.69, 9.17) is 21.1 Å². The quantitative estimate of drug-likeness (QED) is 0.887. The number of hydrogen-bond acceptors (Lipinski definition) is 4. The maximum absolute atomic E-state index is 12.8. The van der Waals surface area contributed by atoms with E-state index in [9.17, 15) is 9.59 Å². The summed E-state index contributed by atoms with van der Waals surface area (Å²) in [4.78, 5) is 26.7. The highest BCUT2D eigenvalue weighted by molar-refractivity contribution is 6.30. The number of nitrogens with one attached hydrogen (secondary N) is 1. The molecule has 1 atom stereocenters. The summed E-state index contributed by atoms with van der Waals surface area (Å²) in [5.74, 6) is -0.135. The Kier molecular flexibility index (Phi) is 6.67. The van der Waals surface area contributed by atoms with Crippen molar-refractivity contribution in [1.29, 1.82) is 0 Å². The lowest BCUT2D eigenvalue weighted by Crippen LogP contribution is -2.53. The minimum absolute atomic E-state index is 0.135. The van der Waals surface area contributed by atoms with E-state index in [1.807, 2.05) is 12.1 Å². The smallest absolute Gasteiger partial charge is 0.408 e. The van der Waals surface area contributed by atoms with E-state index in [1.165, 1.54) is 0 Å². The Labute approximate surface area is 153 Å². The highest BCUT2D eigenvalue weighted by atomic mass is 35.5.